The second kappa shape index (κ2) is 6.84. The highest BCUT2D eigenvalue weighted by molar-refractivity contribution is 5.95. The van der Waals surface area contributed by atoms with Gasteiger partial charge in [-0.1, -0.05) is 29.8 Å². The van der Waals surface area contributed by atoms with Crippen LogP contribution in [0.1, 0.15) is 11.1 Å². The Morgan fingerprint density at radius 1 is 0.933 bits per heavy atom. The lowest BCUT2D eigenvalue weighted by Gasteiger charge is -2.11. The van der Waals surface area contributed by atoms with Crippen molar-refractivity contribution in [2.45, 2.75) is 13.8 Å². The SMILES string of the molecule is Cc1ccc(-n2cc3c(c2-c2ccc(C)c([N+](=O)[O-])c2)c(=O)n(C)c(=O)n3C)cc1. The van der Waals surface area contributed by atoms with Crippen molar-refractivity contribution < 1.29 is 4.92 Å². The Morgan fingerprint density at radius 3 is 2.23 bits per heavy atom. The highest BCUT2D eigenvalue weighted by Gasteiger charge is 2.22. The van der Waals surface area contributed by atoms with E-state index in [2.05, 4.69) is 0 Å². The number of aryl methyl sites for hydroxylation is 3. The predicted octanol–water partition coefficient (Wildman–Crippen LogP) is 3.22. The van der Waals surface area contributed by atoms with Gasteiger partial charge in [0.25, 0.3) is 11.2 Å². The van der Waals surface area contributed by atoms with E-state index in [1.807, 2.05) is 31.2 Å². The number of nitro groups is 1. The monoisotopic (exact) mass is 404 g/mol. The maximum atomic E-state index is 13.1. The molecule has 2 aromatic carbocycles. The second-order valence-corrected chi connectivity index (χ2v) is 7.41. The molecule has 30 heavy (non-hydrogen) atoms. The zero-order chi connectivity index (χ0) is 21.7. The van der Waals surface area contributed by atoms with Crippen LogP contribution in [-0.2, 0) is 14.1 Å². The third kappa shape index (κ3) is 2.85. The summed E-state index contributed by atoms with van der Waals surface area (Å²) in [5.41, 5.74) is 2.97. The fraction of sp³-hybridized carbons (Fsp3) is 0.182. The van der Waals surface area contributed by atoms with Gasteiger partial charge in [0.05, 0.1) is 21.5 Å². The Bertz CT molecular complexity index is 1440. The molecular formula is C22H20N4O4. The van der Waals surface area contributed by atoms with Gasteiger partial charge in [-0.15, -0.1) is 0 Å². The Kier molecular flexibility index (Phi) is 4.42. The van der Waals surface area contributed by atoms with Crippen LogP contribution in [0.5, 0.6) is 0 Å². The summed E-state index contributed by atoms with van der Waals surface area (Å²) in [4.78, 5) is 36.6. The summed E-state index contributed by atoms with van der Waals surface area (Å²) in [5.74, 6) is 0. The molecule has 0 saturated carbocycles. The van der Waals surface area contributed by atoms with E-state index < -0.39 is 16.2 Å². The number of nitro benzene ring substituents is 1. The van der Waals surface area contributed by atoms with Gasteiger partial charge < -0.3 is 4.57 Å². The van der Waals surface area contributed by atoms with Crippen LogP contribution in [-0.4, -0.2) is 18.6 Å². The summed E-state index contributed by atoms with van der Waals surface area (Å²) in [6.07, 6.45) is 1.73. The molecule has 4 aromatic rings. The molecule has 8 nitrogen and oxygen atoms in total. The molecule has 2 aromatic heterocycles. The molecule has 0 aliphatic rings. The average Bonchev–Trinajstić information content (AvgIpc) is 3.12. The third-order valence-electron chi connectivity index (χ3n) is 5.43. The van der Waals surface area contributed by atoms with E-state index in [4.69, 9.17) is 0 Å². The van der Waals surface area contributed by atoms with Crippen LogP contribution in [0.25, 0.3) is 27.8 Å². The van der Waals surface area contributed by atoms with Crippen LogP contribution in [0, 0.1) is 24.0 Å². The van der Waals surface area contributed by atoms with E-state index in [1.165, 1.54) is 17.7 Å². The fourth-order valence-corrected chi connectivity index (χ4v) is 3.69. The zero-order valence-electron chi connectivity index (χ0n) is 17.0. The van der Waals surface area contributed by atoms with Crippen molar-refractivity contribution in [2.24, 2.45) is 14.1 Å². The molecule has 0 atom stereocenters. The number of aromatic nitrogens is 3. The van der Waals surface area contributed by atoms with E-state index in [0.717, 1.165) is 15.8 Å². The maximum absolute atomic E-state index is 13.1. The summed E-state index contributed by atoms with van der Waals surface area (Å²) in [7, 11) is 3.03. The van der Waals surface area contributed by atoms with Gasteiger partial charge in [-0.25, -0.2) is 4.79 Å². The van der Waals surface area contributed by atoms with Crippen LogP contribution >= 0.6 is 0 Å². The quantitative estimate of drug-likeness (QED) is 0.387. The Balaban J connectivity index is 2.19. The molecule has 0 spiro atoms. The highest BCUT2D eigenvalue weighted by atomic mass is 16.6. The number of fused-ring (bicyclic) bond motifs is 1. The topological polar surface area (TPSA) is 92.1 Å². The molecule has 0 saturated heterocycles. The summed E-state index contributed by atoms with van der Waals surface area (Å²) in [5, 5.41) is 11.8. The van der Waals surface area contributed by atoms with Crippen molar-refractivity contribution in [2.75, 3.05) is 0 Å². The second-order valence-electron chi connectivity index (χ2n) is 7.41. The largest absolute Gasteiger partial charge is 0.330 e. The normalized spacial score (nSPS) is 11.2. The van der Waals surface area contributed by atoms with Crippen molar-refractivity contribution >= 4 is 16.6 Å². The molecule has 0 radical (unpaired) electrons. The molecule has 0 aliphatic carbocycles. The van der Waals surface area contributed by atoms with Crippen LogP contribution in [0.3, 0.4) is 0 Å². The van der Waals surface area contributed by atoms with Crippen LogP contribution in [0.2, 0.25) is 0 Å². The van der Waals surface area contributed by atoms with Crippen molar-refractivity contribution in [3.05, 3.63) is 90.7 Å². The standard InChI is InChI=1S/C22H20N4O4/c1-13-5-9-16(10-6-13)25-12-18-19(21(27)24(4)22(28)23(18)3)20(25)15-8-7-14(2)17(11-15)26(29)30/h5-12H,1-4H3. The van der Waals surface area contributed by atoms with E-state index in [-0.39, 0.29) is 5.69 Å². The zero-order valence-corrected chi connectivity index (χ0v) is 17.0. The number of rotatable bonds is 3. The number of benzene rings is 2. The number of hydrogen-bond acceptors (Lipinski definition) is 4. The molecule has 0 N–H and O–H groups in total. The first-order chi connectivity index (χ1) is 14.2. The van der Waals surface area contributed by atoms with E-state index >= 15 is 0 Å². The minimum absolute atomic E-state index is 0.0287. The fourth-order valence-electron chi connectivity index (χ4n) is 3.69. The van der Waals surface area contributed by atoms with Gasteiger partial charge >= 0.3 is 5.69 Å². The van der Waals surface area contributed by atoms with Gasteiger partial charge in [0, 0.05) is 43.2 Å². The predicted molar refractivity (Wildman–Crippen MR) is 115 cm³/mol. The lowest BCUT2D eigenvalue weighted by Crippen LogP contribution is -2.36. The van der Waals surface area contributed by atoms with Gasteiger partial charge in [-0.3, -0.25) is 24.0 Å². The molecule has 0 bridgehead atoms. The molecule has 8 heteroatoms. The van der Waals surface area contributed by atoms with Gasteiger partial charge in [0.15, 0.2) is 0 Å². The number of hydrogen-bond donors (Lipinski definition) is 0. The molecule has 0 amide bonds. The van der Waals surface area contributed by atoms with Gasteiger partial charge in [0.1, 0.15) is 0 Å². The molecule has 0 aliphatic heterocycles. The smallest absolute Gasteiger partial charge is 0.314 e. The van der Waals surface area contributed by atoms with Crippen molar-refractivity contribution in [3.63, 3.8) is 0 Å². The van der Waals surface area contributed by atoms with E-state index in [9.17, 15) is 19.7 Å². The van der Waals surface area contributed by atoms with Crippen molar-refractivity contribution in [1.82, 2.24) is 13.7 Å². The van der Waals surface area contributed by atoms with E-state index in [0.29, 0.717) is 27.7 Å². The highest BCUT2D eigenvalue weighted by Crippen LogP contribution is 2.33. The van der Waals surface area contributed by atoms with Crippen LogP contribution < -0.4 is 11.2 Å². The molecule has 0 fully saturated rings. The third-order valence-corrected chi connectivity index (χ3v) is 5.43. The summed E-state index contributed by atoms with van der Waals surface area (Å²) >= 11 is 0. The molecule has 0 unspecified atom stereocenters. The molecule has 4 rings (SSSR count). The van der Waals surface area contributed by atoms with Crippen LogP contribution in [0.15, 0.2) is 58.3 Å². The van der Waals surface area contributed by atoms with Crippen molar-refractivity contribution in [3.8, 4) is 16.9 Å². The minimum Gasteiger partial charge on any atom is -0.314 e. The van der Waals surface area contributed by atoms with E-state index in [1.54, 1.807) is 36.9 Å². The maximum Gasteiger partial charge on any atom is 0.330 e. The van der Waals surface area contributed by atoms with Gasteiger partial charge in [-0.2, -0.15) is 0 Å². The summed E-state index contributed by atoms with van der Waals surface area (Å²) < 4.78 is 4.26. The average molecular weight is 404 g/mol. The summed E-state index contributed by atoms with van der Waals surface area (Å²) in [6, 6.07) is 12.6. The number of nitrogens with zero attached hydrogens (tertiary/aromatic N) is 4. The lowest BCUT2D eigenvalue weighted by atomic mass is 10.1. The summed E-state index contributed by atoms with van der Waals surface area (Å²) in [6.45, 7) is 3.64. The first-order valence-corrected chi connectivity index (χ1v) is 9.34. The van der Waals surface area contributed by atoms with Crippen molar-refractivity contribution in [1.29, 1.82) is 0 Å². The Labute approximate surface area is 171 Å². The van der Waals surface area contributed by atoms with Gasteiger partial charge in [-0.05, 0) is 26.0 Å². The first kappa shape index (κ1) is 19.4. The molecule has 152 valence electrons. The molecule has 2 heterocycles. The lowest BCUT2D eigenvalue weighted by molar-refractivity contribution is -0.385. The van der Waals surface area contributed by atoms with Crippen LogP contribution in [0.4, 0.5) is 5.69 Å². The Hall–Kier alpha value is -3.94. The first-order valence-electron chi connectivity index (χ1n) is 9.34. The Morgan fingerprint density at radius 2 is 1.60 bits per heavy atom. The van der Waals surface area contributed by atoms with Gasteiger partial charge in [0.2, 0.25) is 0 Å². The minimum atomic E-state index is -0.447. The molecular weight excluding hydrogens is 384 g/mol.